The molecule has 0 aliphatic rings. The summed E-state index contributed by atoms with van der Waals surface area (Å²) in [4.78, 5) is 14.0. The number of aliphatic carboxylic acids is 1. The van der Waals surface area contributed by atoms with Gasteiger partial charge in [0.15, 0.2) is 0 Å². The molecule has 0 saturated heterocycles. The van der Waals surface area contributed by atoms with E-state index in [0.29, 0.717) is 0 Å². The van der Waals surface area contributed by atoms with Crippen LogP contribution < -0.4 is 0 Å². The Labute approximate surface area is 118 Å². The maximum Gasteiger partial charge on any atom is 0.328 e. The lowest BCUT2D eigenvalue weighted by atomic mass is 10.1. The molecule has 0 bridgehead atoms. The molecule has 1 heterocycles. The van der Waals surface area contributed by atoms with Crippen LogP contribution in [-0.2, 0) is 4.79 Å². The Morgan fingerprint density at radius 3 is 2.30 bits per heavy atom. The Morgan fingerprint density at radius 1 is 1.05 bits per heavy atom. The maximum atomic E-state index is 9.75. The summed E-state index contributed by atoms with van der Waals surface area (Å²) in [5, 5.41) is 8.02. The van der Waals surface area contributed by atoms with Crippen LogP contribution in [0.5, 0.6) is 0 Å². The fourth-order valence-electron chi connectivity index (χ4n) is 1.39. The van der Waals surface area contributed by atoms with E-state index in [4.69, 9.17) is 5.11 Å². The Kier molecular flexibility index (Phi) is 7.13. The molecule has 1 N–H and O–H groups in total. The van der Waals surface area contributed by atoms with Gasteiger partial charge in [0.2, 0.25) is 0 Å². The van der Waals surface area contributed by atoms with Crippen molar-refractivity contribution < 1.29 is 9.90 Å². The molecule has 0 fully saturated rings. The number of carbonyl (C=O) groups is 1. The van der Waals surface area contributed by atoms with Crippen molar-refractivity contribution in [2.24, 2.45) is 0 Å². The van der Waals surface area contributed by atoms with E-state index in [1.54, 1.807) is 12.2 Å². The van der Waals surface area contributed by atoms with Gasteiger partial charge in [0.05, 0.1) is 5.69 Å². The normalized spacial score (nSPS) is 10.2. The fourth-order valence-corrected chi connectivity index (χ4v) is 1.39. The van der Waals surface area contributed by atoms with Crippen LogP contribution in [0.2, 0.25) is 0 Å². The molecule has 0 aliphatic carbocycles. The van der Waals surface area contributed by atoms with Gasteiger partial charge in [-0.15, -0.1) is 0 Å². The van der Waals surface area contributed by atoms with Gasteiger partial charge < -0.3 is 5.11 Å². The molecular weight excluding hydrogens is 250 g/mol. The Balaban J connectivity index is 0.000000221. The summed E-state index contributed by atoms with van der Waals surface area (Å²) in [6, 6.07) is 16.1. The summed E-state index contributed by atoms with van der Waals surface area (Å²) in [6.07, 6.45) is 7.79. The predicted molar refractivity (Wildman–Crippen MR) is 81.3 cm³/mol. The number of aromatic nitrogens is 1. The third-order valence-corrected chi connectivity index (χ3v) is 2.28. The van der Waals surface area contributed by atoms with E-state index < -0.39 is 5.97 Å². The van der Waals surface area contributed by atoms with Crippen molar-refractivity contribution in [2.45, 2.75) is 6.92 Å². The van der Waals surface area contributed by atoms with Crippen molar-refractivity contribution in [1.82, 2.24) is 4.98 Å². The van der Waals surface area contributed by atoms with Crippen molar-refractivity contribution in [3.8, 4) is 11.3 Å². The first kappa shape index (κ1) is 15.4. The lowest BCUT2D eigenvalue weighted by Gasteiger charge is -1.97. The molecule has 2 rings (SSSR count). The number of nitrogens with zero attached hydrogens (tertiary/aromatic N) is 1. The van der Waals surface area contributed by atoms with Crippen molar-refractivity contribution in [2.75, 3.05) is 0 Å². The third-order valence-electron chi connectivity index (χ3n) is 2.28. The molecule has 2 aromatic rings. The van der Waals surface area contributed by atoms with E-state index in [1.807, 2.05) is 49.5 Å². The largest absolute Gasteiger partial charge is 0.478 e. The van der Waals surface area contributed by atoms with Gasteiger partial charge >= 0.3 is 5.97 Å². The van der Waals surface area contributed by atoms with Crippen LogP contribution in [0.3, 0.4) is 0 Å². The van der Waals surface area contributed by atoms with E-state index in [-0.39, 0.29) is 0 Å². The van der Waals surface area contributed by atoms with E-state index in [1.165, 1.54) is 6.08 Å². The van der Waals surface area contributed by atoms with Crippen molar-refractivity contribution in [3.63, 3.8) is 0 Å². The molecule has 0 unspecified atom stereocenters. The minimum absolute atomic E-state index is 0.914. The predicted octanol–water partition coefficient (Wildman–Crippen LogP) is 3.95. The van der Waals surface area contributed by atoms with E-state index in [9.17, 15) is 4.79 Å². The molecule has 3 heteroatoms. The van der Waals surface area contributed by atoms with Crippen LogP contribution in [0, 0.1) is 0 Å². The zero-order valence-corrected chi connectivity index (χ0v) is 11.3. The lowest BCUT2D eigenvalue weighted by molar-refractivity contribution is -0.131. The number of hydrogen-bond donors (Lipinski definition) is 1. The highest BCUT2D eigenvalue weighted by molar-refractivity contribution is 5.80. The van der Waals surface area contributed by atoms with Crippen LogP contribution >= 0.6 is 0 Å². The first-order chi connectivity index (χ1) is 9.74. The summed E-state index contributed by atoms with van der Waals surface area (Å²) in [6.45, 7) is 1.83. The van der Waals surface area contributed by atoms with Gasteiger partial charge in [0.25, 0.3) is 0 Å². The smallest absolute Gasteiger partial charge is 0.328 e. The molecule has 20 heavy (non-hydrogen) atoms. The van der Waals surface area contributed by atoms with Crippen molar-refractivity contribution in [3.05, 3.63) is 79.0 Å². The van der Waals surface area contributed by atoms with Crippen molar-refractivity contribution in [1.29, 1.82) is 0 Å². The molecule has 0 aliphatic heterocycles. The zero-order chi connectivity index (χ0) is 14.6. The Hall–Kier alpha value is -2.68. The van der Waals surface area contributed by atoms with Crippen molar-refractivity contribution >= 4 is 5.97 Å². The fraction of sp³-hybridized carbons (Fsp3) is 0.0588. The number of allylic oxidation sites excluding steroid dienone is 3. The van der Waals surface area contributed by atoms with Crippen LogP contribution in [0.1, 0.15) is 6.92 Å². The van der Waals surface area contributed by atoms with Gasteiger partial charge in [-0.2, -0.15) is 0 Å². The third kappa shape index (κ3) is 6.31. The molecule has 0 amide bonds. The van der Waals surface area contributed by atoms with Gasteiger partial charge in [0.1, 0.15) is 0 Å². The minimum atomic E-state index is -0.914. The molecular formula is C17H17NO2. The molecule has 0 saturated carbocycles. The lowest BCUT2D eigenvalue weighted by Crippen LogP contribution is -1.83. The number of carboxylic acid groups (broad SMARTS) is 1. The molecule has 0 spiro atoms. The second-order valence-corrected chi connectivity index (χ2v) is 3.80. The van der Waals surface area contributed by atoms with Gasteiger partial charge in [-0.05, 0) is 19.1 Å². The highest BCUT2D eigenvalue weighted by atomic mass is 16.4. The number of rotatable bonds is 3. The number of hydrogen-bond acceptors (Lipinski definition) is 2. The molecule has 1 aromatic heterocycles. The van der Waals surface area contributed by atoms with E-state index in [0.717, 1.165) is 17.3 Å². The zero-order valence-electron chi connectivity index (χ0n) is 11.3. The van der Waals surface area contributed by atoms with Crippen LogP contribution in [-0.4, -0.2) is 16.1 Å². The maximum absolute atomic E-state index is 9.75. The van der Waals surface area contributed by atoms with Gasteiger partial charge in [-0.1, -0.05) is 54.6 Å². The average Bonchev–Trinajstić information content (AvgIpc) is 2.50. The first-order valence-corrected chi connectivity index (χ1v) is 6.22. The molecule has 0 atom stereocenters. The first-order valence-electron chi connectivity index (χ1n) is 6.22. The molecule has 3 nitrogen and oxygen atoms in total. The topological polar surface area (TPSA) is 50.2 Å². The summed E-state index contributed by atoms with van der Waals surface area (Å²) in [5.41, 5.74) is 2.19. The van der Waals surface area contributed by atoms with Crippen LogP contribution in [0.4, 0.5) is 0 Å². The molecule has 0 radical (unpaired) electrons. The van der Waals surface area contributed by atoms with Crippen LogP contribution in [0.25, 0.3) is 11.3 Å². The Morgan fingerprint density at radius 2 is 1.75 bits per heavy atom. The highest BCUT2D eigenvalue weighted by Crippen LogP contribution is 2.14. The minimum Gasteiger partial charge on any atom is -0.478 e. The standard InChI is InChI=1S/C11H9N.C6H8O2/c1-2-6-10(7-3-1)11-8-4-5-9-12-11;1-2-3-4-5-6(7)8/h1-9H;2-5H,1H3,(H,7,8)/b;3-2+,5-4+. The van der Waals surface area contributed by atoms with E-state index >= 15 is 0 Å². The monoisotopic (exact) mass is 267 g/mol. The highest BCUT2D eigenvalue weighted by Gasteiger charge is 1.93. The Bertz CT molecular complexity index is 523. The van der Waals surface area contributed by atoms with Gasteiger partial charge in [-0.3, -0.25) is 4.98 Å². The summed E-state index contributed by atoms with van der Waals surface area (Å²) in [5.74, 6) is -0.914. The van der Waals surface area contributed by atoms with Crippen LogP contribution in [0.15, 0.2) is 79.0 Å². The molecule has 102 valence electrons. The SMILES string of the molecule is C/C=C/C=C/C(=O)O.c1ccc(-c2ccccn2)cc1. The second-order valence-electron chi connectivity index (χ2n) is 3.80. The number of carboxylic acids is 1. The quantitative estimate of drug-likeness (QED) is 0.676. The van der Waals surface area contributed by atoms with E-state index in [2.05, 4.69) is 17.1 Å². The molecule has 1 aromatic carbocycles. The number of pyridine rings is 1. The van der Waals surface area contributed by atoms with Gasteiger partial charge in [-0.25, -0.2) is 4.79 Å². The average molecular weight is 267 g/mol. The van der Waals surface area contributed by atoms with Gasteiger partial charge in [0, 0.05) is 17.8 Å². The summed E-state index contributed by atoms with van der Waals surface area (Å²) < 4.78 is 0. The number of benzene rings is 1. The summed E-state index contributed by atoms with van der Waals surface area (Å²) in [7, 11) is 0. The second kappa shape index (κ2) is 9.28. The summed E-state index contributed by atoms with van der Waals surface area (Å²) >= 11 is 0.